The van der Waals surface area contributed by atoms with Crippen LogP contribution in [-0.4, -0.2) is 29.6 Å². The lowest BCUT2D eigenvalue weighted by atomic mass is 10.1. The zero-order valence-corrected chi connectivity index (χ0v) is 17.6. The number of rotatable bonds is 4. The van der Waals surface area contributed by atoms with E-state index in [-0.39, 0.29) is 24.2 Å². The number of aryl methyl sites for hydroxylation is 1. The van der Waals surface area contributed by atoms with E-state index >= 15 is 0 Å². The molecule has 2 amide bonds. The normalized spacial score (nSPS) is 16.8. The predicted octanol–water partition coefficient (Wildman–Crippen LogP) is 4.63. The van der Waals surface area contributed by atoms with E-state index in [1.807, 2.05) is 56.5 Å². The monoisotopic (exact) mass is 411 g/mol. The molecule has 4 rings (SSSR count). The van der Waals surface area contributed by atoms with Gasteiger partial charge >= 0.3 is 0 Å². The predicted molar refractivity (Wildman–Crippen MR) is 116 cm³/mol. The van der Waals surface area contributed by atoms with E-state index in [0.717, 1.165) is 37.1 Å². The van der Waals surface area contributed by atoms with Crippen LogP contribution in [0.5, 0.6) is 0 Å². The number of nitrogens with zero attached hydrogens (tertiary/aromatic N) is 2. The van der Waals surface area contributed by atoms with Crippen molar-refractivity contribution in [3.05, 3.63) is 47.5 Å². The van der Waals surface area contributed by atoms with Crippen LogP contribution < -0.4 is 10.2 Å². The van der Waals surface area contributed by atoms with Crippen LogP contribution >= 0.6 is 23.1 Å². The lowest BCUT2D eigenvalue weighted by molar-refractivity contribution is -0.122. The first-order chi connectivity index (χ1) is 13.5. The van der Waals surface area contributed by atoms with Crippen LogP contribution in [0.1, 0.15) is 17.5 Å². The summed E-state index contributed by atoms with van der Waals surface area (Å²) in [7, 11) is 0. The molecular weight excluding hydrogens is 390 g/mol. The maximum atomic E-state index is 12.8. The molecule has 5 nitrogen and oxygen atoms in total. The molecule has 1 fully saturated rings. The van der Waals surface area contributed by atoms with E-state index in [9.17, 15) is 9.59 Å². The highest BCUT2D eigenvalue weighted by atomic mass is 32.2. The Morgan fingerprint density at radius 1 is 1.29 bits per heavy atom. The fourth-order valence-corrected chi connectivity index (χ4v) is 4.99. The minimum atomic E-state index is -0.355. The molecule has 2 aromatic carbocycles. The summed E-state index contributed by atoms with van der Waals surface area (Å²) in [4.78, 5) is 31.6. The Labute approximate surface area is 172 Å². The molecule has 0 bridgehead atoms. The van der Waals surface area contributed by atoms with Gasteiger partial charge in [-0.3, -0.25) is 9.59 Å². The molecular formula is C21H21N3O2S2. The molecule has 0 aliphatic carbocycles. The smallest absolute Gasteiger partial charge is 0.229 e. The molecule has 28 heavy (non-hydrogen) atoms. The molecule has 0 spiro atoms. The van der Waals surface area contributed by atoms with Crippen LogP contribution in [0.2, 0.25) is 0 Å². The van der Waals surface area contributed by atoms with Crippen molar-refractivity contribution in [1.82, 2.24) is 4.98 Å². The second-order valence-corrected chi connectivity index (χ2v) is 9.06. The molecule has 1 saturated heterocycles. The fourth-order valence-electron chi connectivity index (χ4n) is 3.46. The summed E-state index contributed by atoms with van der Waals surface area (Å²) in [5, 5.41) is 2.98. The molecule has 1 aliphatic heterocycles. The summed E-state index contributed by atoms with van der Waals surface area (Å²) in [6, 6.07) is 11.7. The summed E-state index contributed by atoms with van der Waals surface area (Å²) < 4.78 is 2.05. The molecule has 3 aromatic rings. The highest BCUT2D eigenvalue weighted by Gasteiger charge is 2.35. The number of aromatic nitrogens is 1. The molecule has 144 valence electrons. The first-order valence-corrected chi connectivity index (χ1v) is 11.1. The van der Waals surface area contributed by atoms with Crippen molar-refractivity contribution in [1.29, 1.82) is 0 Å². The molecule has 1 N–H and O–H groups in total. The van der Waals surface area contributed by atoms with Gasteiger partial charge in [0.1, 0.15) is 0 Å². The number of nitrogens with one attached hydrogen (secondary N) is 1. The number of carbonyl (C=O) groups is 2. The Hall–Kier alpha value is -2.38. The SMILES string of the molecule is CSc1nc2ccc(NC(=O)[C@@H]3CC(=O)N(c4cccc(C)c4C)C3)cc2s1. The molecule has 1 atom stereocenters. The number of hydrogen-bond acceptors (Lipinski definition) is 5. The van der Waals surface area contributed by atoms with Crippen LogP contribution in [-0.2, 0) is 9.59 Å². The van der Waals surface area contributed by atoms with Gasteiger partial charge in [0.25, 0.3) is 0 Å². The largest absolute Gasteiger partial charge is 0.326 e. The van der Waals surface area contributed by atoms with Gasteiger partial charge in [0, 0.05) is 24.3 Å². The third-order valence-electron chi connectivity index (χ3n) is 5.17. The van der Waals surface area contributed by atoms with Gasteiger partial charge in [0.2, 0.25) is 11.8 Å². The van der Waals surface area contributed by atoms with E-state index in [4.69, 9.17) is 0 Å². The zero-order chi connectivity index (χ0) is 19.8. The summed E-state index contributed by atoms with van der Waals surface area (Å²) in [5.74, 6) is -0.474. The van der Waals surface area contributed by atoms with Gasteiger partial charge in [-0.2, -0.15) is 0 Å². The molecule has 2 heterocycles. The molecule has 1 aliphatic rings. The molecule has 0 unspecified atom stereocenters. The Kier molecular flexibility index (Phi) is 5.12. The number of anilines is 2. The summed E-state index contributed by atoms with van der Waals surface area (Å²) in [5.41, 5.74) is 4.80. The van der Waals surface area contributed by atoms with Gasteiger partial charge in [0.05, 0.1) is 16.1 Å². The first-order valence-electron chi connectivity index (χ1n) is 9.08. The first kappa shape index (κ1) is 19.0. The number of thioether (sulfide) groups is 1. The minimum absolute atomic E-state index is 0.00336. The highest BCUT2D eigenvalue weighted by molar-refractivity contribution is 8.00. The van der Waals surface area contributed by atoms with Gasteiger partial charge in [-0.05, 0) is 55.5 Å². The Balaban J connectivity index is 1.50. The second kappa shape index (κ2) is 7.56. The van der Waals surface area contributed by atoms with Crippen molar-refractivity contribution in [2.24, 2.45) is 5.92 Å². The average molecular weight is 412 g/mol. The Bertz CT molecular complexity index is 1080. The highest BCUT2D eigenvalue weighted by Crippen LogP contribution is 2.32. The third kappa shape index (κ3) is 3.52. The number of hydrogen-bond donors (Lipinski definition) is 1. The summed E-state index contributed by atoms with van der Waals surface area (Å²) in [6.45, 7) is 4.45. The minimum Gasteiger partial charge on any atom is -0.326 e. The molecule has 7 heteroatoms. The van der Waals surface area contributed by atoms with Crippen molar-refractivity contribution >= 4 is 56.5 Å². The van der Waals surface area contributed by atoms with Crippen molar-refractivity contribution < 1.29 is 9.59 Å². The van der Waals surface area contributed by atoms with Crippen LogP contribution in [0.15, 0.2) is 40.7 Å². The molecule has 0 saturated carbocycles. The fraction of sp³-hybridized carbons (Fsp3) is 0.286. The van der Waals surface area contributed by atoms with E-state index in [0.29, 0.717) is 6.54 Å². The lowest BCUT2D eigenvalue weighted by Crippen LogP contribution is -2.28. The maximum absolute atomic E-state index is 12.8. The maximum Gasteiger partial charge on any atom is 0.229 e. The topological polar surface area (TPSA) is 62.3 Å². The second-order valence-electron chi connectivity index (χ2n) is 6.98. The van der Waals surface area contributed by atoms with Crippen molar-refractivity contribution in [2.75, 3.05) is 23.0 Å². The lowest BCUT2D eigenvalue weighted by Gasteiger charge is -2.20. The van der Waals surface area contributed by atoms with Crippen LogP contribution in [0.3, 0.4) is 0 Å². The van der Waals surface area contributed by atoms with Crippen molar-refractivity contribution in [3.8, 4) is 0 Å². The van der Waals surface area contributed by atoms with Gasteiger partial charge in [-0.15, -0.1) is 11.3 Å². The third-order valence-corrected chi connectivity index (χ3v) is 7.18. The Morgan fingerprint density at radius 2 is 2.11 bits per heavy atom. The Morgan fingerprint density at radius 3 is 2.89 bits per heavy atom. The summed E-state index contributed by atoms with van der Waals surface area (Å²) in [6.07, 6.45) is 2.23. The average Bonchev–Trinajstić information content (AvgIpc) is 3.27. The van der Waals surface area contributed by atoms with Gasteiger partial charge in [0.15, 0.2) is 4.34 Å². The molecule has 0 radical (unpaired) electrons. The van der Waals surface area contributed by atoms with Crippen LogP contribution in [0, 0.1) is 19.8 Å². The molecule has 1 aromatic heterocycles. The number of thiazole rings is 1. The number of benzene rings is 2. The van der Waals surface area contributed by atoms with E-state index in [1.54, 1.807) is 28.0 Å². The van der Waals surface area contributed by atoms with Crippen LogP contribution in [0.4, 0.5) is 11.4 Å². The van der Waals surface area contributed by atoms with E-state index in [1.165, 1.54) is 0 Å². The van der Waals surface area contributed by atoms with Gasteiger partial charge in [-0.25, -0.2) is 4.98 Å². The number of carbonyl (C=O) groups excluding carboxylic acids is 2. The van der Waals surface area contributed by atoms with Gasteiger partial charge in [-0.1, -0.05) is 23.9 Å². The zero-order valence-electron chi connectivity index (χ0n) is 16.0. The quantitative estimate of drug-likeness (QED) is 0.636. The standard InChI is InChI=1S/C21H21N3O2S2/c1-12-5-4-6-17(13(12)2)24-11-14(9-19(24)25)20(26)22-15-7-8-16-18(10-15)28-21(23-16)27-3/h4-8,10,14H,9,11H2,1-3H3,(H,22,26)/t14-/m1/s1. The van der Waals surface area contributed by atoms with Crippen molar-refractivity contribution in [2.45, 2.75) is 24.6 Å². The van der Waals surface area contributed by atoms with E-state index < -0.39 is 0 Å². The van der Waals surface area contributed by atoms with Crippen LogP contribution in [0.25, 0.3) is 10.2 Å². The van der Waals surface area contributed by atoms with Crippen molar-refractivity contribution in [3.63, 3.8) is 0 Å². The summed E-state index contributed by atoms with van der Waals surface area (Å²) >= 11 is 3.22. The van der Waals surface area contributed by atoms with Gasteiger partial charge < -0.3 is 10.2 Å². The van der Waals surface area contributed by atoms with E-state index in [2.05, 4.69) is 10.3 Å². The number of fused-ring (bicyclic) bond motifs is 1. The number of amides is 2.